The van der Waals surface area contributed by atoms with E-state index in [1.165, 1.54) is 25.1 Å². The minimum Gasteiger partial charge on any atom is -0.385 e. The maximum Gasteiger partial charge on any atom is 0.264 e. The van der Waals surface area contributed by atoms with Crippen molar-refractivity contribution < 1.29 is 22.3 Å². The van der Waals surface area contributed by atoms with Gasteiger partial charge in [-0.15, -0.1) is 0 Å². The van der Waals surface area contributed by atoms with E-state index in [-0.39, 0.29) is 10.0 Å². The summed E-state index contributed by atoms with van der Waals surface area (Å²) in [5.74, 6) is -1.79. The largest absolute Gasteiger partial charge is 0.385 e. The van der Waals surface area contributed by atoms with Gasteiger partial charge in [-0.2, -0.15) is 0 Å². The molecule has 0 bridgehead atoms. The molecule has 1 amide bonds. The summed E-state index contributed by atoms with van der Waals surface area (Å²) in [4.78, 5) is 12.7. The van der Waals surface area contributed by atoms with Gasteiger partial charge in [0, 0.05) is 42.5 Å². The lowest BCUT2D eigenvalue weighted by molar-refractivity contribution is 0.0774. The molecule has 0 aromatic heterocycles. The normalized spacial score (nSPS) is 11.5. The van der Waals surface area contributed by atoms with Crippen LogP contribution in [0, 0.1) is 5.82 Å². The van der Waals surface area contributed by atoms with Gasteiger partial charge in [-0.1, -0.05) is 15.9 Å². The third-order valence-electron chi connectivity index (χ3n) is 2.69. The Kier molecular flexibility index (Phi) is 6.58. The zero-order chi connectivity index (χ0) is 16.2. The SMILES string of the molecule is COCCCN(C)C(=O)c1cc(Br)cc(S(=O)(=O)Cl)c1F. The van der Waals surface area contributed by atoms with Gasteiger partial charge < -0.3 is 9.64 Å². The number of hydrogen-bond acceptors (Lipinski definition) is 4. The molecule has 0 saturated heterocycles. The molecular weight excluding hydrogens is 389 g/mol. The number of amides is 1. The molecule has 0 N–H and O–H groups in total. The average Bonchev–Trinajstić information content (AvgIpc) is 2.39. The molecule has 0 saturated carbocycles. The zero-order valence-corrected chi connectivity index (χ0v) is 14.6. The van der Waals surface area contributed by atoms with E-state index in [9.17, 15) is 17.6 Å². The van der Waals surface area contributed by atoms with Crippen LogP contribution < -0.4 is 0 Å². The van der Waals surface area contributed by atoms with Crippen molar-refractivity contribution in [2.45, 2.75) is 11.3 Å². The Balaban J connectivity index is 3.13. The van der Waals surface area contributed by atoms with Crippen molar-refractivity contribution in [3.8, 4) is 0 Å². The molecule has 0 radical (unpaired) electrons. The molecule has 1 rings (SSSR count). The van der Waals surface area contributed by atoms with E-state index in [4.69, 9.17) is 15.4 Å². The second-order valence-corrected chi connectivity index (χ2v) is 7.73. The highest BCUT2D eigenvalue weighted by Crippen LogP contribution is 2.27. The summed E-state index contributed by atoms with van der Waals surface area (Å²) < 4.78 is 42.0. The fourth-order valence-electron chi connectivity index (χ4n) is 1.65. The summed E-state index contributed by atoms with van der Waals surface area (Å²) >= 11 is 3.04. The number of ether oxygens (including phenoxy) is 1. The Labute approximate surface area is 135 Å². The summed E-state index contributed by atoms with van der Waals surface area (Å²) in [6.45, 7) is 0.807. The van der Waals surface area contributed by atoms with Crippen LogP contribution in [0.2, 0.25) is 0 Å². The van der Waals surface area contributed by atoms with E-state index < -0.39 is 25.7 Å². The molecule has 21 heavy (non-hydrogen) atoms. The lowest BCUT2D eigenvalue weighted by Crippen LogP contribution is -2.29. The number of benzene rings is 1. The number of hydrogen-bond donors (Lipinski definition) is 0. The van der Waals surface area contributed by atoms with Crippen LogP contribution in [0.15, 0.2) is 21.5 Å². The van der Waals surface area contributed by atoms with E-state index in [1.807, 2.05) is 0 Å². The van der Waals surface area contributed by atoms with E-state index in [0.717, 1.165) is 6.07 Å². The molecule has 1 aromatic rings. The van der Waals surface area contributed by atoms with Crippen molar-refractivity contribution in [2.24, 2.45) is 0 Å². The van der Waals surface area contributed by atoms with Crippen molar-refractivity contribution in [3.63, 3.8) is 0 Å². The van der Waals surface area contributed by atoms with Crippen LogP contribution in [0.1, 0.15) is 16.8 Å². The van der Waals surface area contributed by atoms with Crippen molar-refractivity contribution in [1.82, 2.24) is 4.90 Å². The van der Waals surface area contributed by atoms with Crippen LogP contribution in [0.4, 0.5) is 4.39 Å². The number of halogens is 3. The Morgan fingerprint density at radius 1 is 1.48 bits per heavy atom. The van der Waals surface area contributed by atoms with Gasteiger partial charge in [0.25, 0.3) is 15.0 Å². The molecule has 0 heterocycles. The van der Waals surface area contributed by atoms with Crippen LogP contribution in [0.25, 0.3) is 0 Å². The van der Waals surface area contributed by atoms with Gasteiger partial charge in [0.2, 0.25) is 0 Å². The molecule has 0 aliphatic rings. The number of carbonyl (C=O) groups is 1. The molecule has 0 aliphatic heterocycles. The zero-order valence-electron chi connectivity index (χ0n) is 11.4. The topological polar surface area (TPSA) is 63.7 Å². The van der Waals surface area contributed by atoms with Gasteiger partial charge in [-0.3, -0.25) is 4.79 Å². The van der Waals surface area contributed by atoms with Crippen LogP contribution >= 0.6 is 26.6 Å². The van der Waals surface area contributed by atoms with E-state index in [0.29, 0.717) is 19.6 Å². The number of nitrogens with zero attached hydrogens (tertiary/aromatic N) is 1. The summed E-state index contributed by atoms with van der Waals surface area (Å²) in [6, 6.07) is 2.23. The Morgan fingerprint density at radius 3 is 2.62 bits per heavy atom. The maximum absolute atomic E-state index is 14.2. The summed E-state index contributed by atoms with van der Waals surface area (Å²) in [6.07, 6.45) is 0.578. The average molecular weight is 403 g/mol. The van der Waals surface area contributed by atoms with Crippen LogP contribution in [0.3, 0.4) is 0 Å². The second kappa shape index (κ2) is 7.53. The highest BCUT2D eigenvalue weighted by molar-refractivity contribution is 9.10. The van der Waals surface area contributed by atoms with E-state index in [2.05, 4.69) is 15.9 Å². The van der Waals surface area contributed by atoms with Gasteiger partial charge in [0.1, 0.15) is 4.90 Å². The first-order valence-electron chi connectivity index (χ1n) is 5.86. The van der Waals surface area contributed by atoms with E-state index >= 15 is 0 Å². The smallest absolute Gasteiger partial charge is 0.264 e. The minimum absolute atomic E-state index is 0.247. The molecule has 9 heteroatoms. The first-order valence-corrected chi connectivity index (χ1v) is 8.96. The highest BCUT2D eigenvalue weighted by atomic mass is 79.9. The Bertz CT molecular complexity index is 638. The van der Waals surface area contributed by atoms with Gasteiger partial charge in [0.05, 0.1) is 5.56 Å². The van der Waals surface area contributed by atoms with Gasteiger partial charge in [-0.25, -0.2) is 12.8 Å². The van der Waals surface area contributed by atoms with Gasteiger partial charge in [0.15, 0.2) is 5.82 Å². The molecule has 0 atom stereocenters. The van der Waals surface area contributed by atoms with Crippen molar-refractivity contribution in [3.05, 3.63) is 28.0 Å². The van der Waals surface area contributed by atoms with Crippen molar-refractivity contribution in [1.29, 1.82) is 0 Å². The molecule has 0 unspecified atom stereocenters. The predicted octanol–water partition coefficient (Wildman–Crippen LogP) is 2.62. The highest BCUT2D eigenvalue weighted by Gasteiger charge is 2.25. The summed E-state index contributed by atoms with van der Waals surface area (Å²) in [5, 5.41) is 0. The lowest BCUT2D eigenvalue weighted by atomic mass is 10.2. The van der Waals surface area contributed by atoms with Gasteiger partial charge in [-0.05, 0) is 18.6 Å². The minimum atomic E-state index is -4.28. The standard InChI is InChI=1S/C12H14BrClFNO4S/c1-16(4-3-5-20-2)12(17)9-6-8(13)7-10(11(9)15)21(14,18)19/h6-7H,3-5H2,1-2H3. The van der Waals surface area contributed by atoms with E-state index in [1.54, 1.807) is 0 Å². The van der Waals surface area contributed by atoms with Crippen LogP contribution in [-0.2, 0) is 13.8 Å². The monoisotopic (exact) mass is 401 g/mol. The fourth-order valence-corrected chi connectivity index (χ4v) is 3.19. The first-order chi connectivity index (χ1) is 9.68. The number of methoxy groups -OCH3 is 1. The Morgan fingerprint density at radius 2 is 2.10 bits per heavy atom. The molecule has 1 aromatic carbocycles. The third kappa shape index (κ3) is 4.91. The number of rotatable bonds is 6. The third-order valence-corrected chi connectivity index (χ3v) is 4.46. The molecule has 0 aliphatic carbocycles. The van der Waals surface area contributed by atoms with Crippen molar-refractivity contribution >= 4 is 41.6 Å². The summed E-state index contributed by atoms with van der Waals surface area (Å²) in [5.41, 5.74) is -0.358. The van der Waals surface area contributed by atoms with Gasteiger partial charge >= 0.3 is 0 Å². The summed E-state index contributed by atoms with van der Waals surface area (Å²) in [7, 11) is 3.91. The molecule has 0 spiro atoms. The predicted molar refractivity (Wildman–Crippen MR) is 80.6 cm³/mol. The van der Waals surface area contributed by atoms with Crippen molar-refractivity contribution in [2.75, 3.05) is 27.3 Å². The number of carbonyl (C=O) groups excluding carboxylic acids is 1. The molecule has 0 fully saturated rings. The van der Waals surface area contributed by atoms with Crippen LogP contribution in [0.5, 0.6) is 0 Å². The molecule has 118 valence electrons. The second-order valence-electron chi connectivity index (χ2n) is 4.28. The quantitative estimate of drug-likeness (QED) is 0.542. The maximum atomic E-state index is 14.2. The Hall–Kier alpha value is -0.700. The molecule has 5 nitrogen and oxygen atoms in total. The lowest BCUT2D eigenvalue weighted by Gasteiger charge is -2.18. The fraction of sp³-hybridized carbons (Fsp3) is 0.417. The molecular formula is C12H14BrClFNO4S. The first kappa shape index (κ1) is 18.3. The van der Waals surface area contributed by atoms with Crippen LogP contribution in [-0.4, -0.2) is 46.5 Å².